The molecule has 22 heavy (non-hydrogen) atoms. The van der Waals surface area contributed by atoms with Crippen molar-refractivity contribution in [2.45, 2.75) is 59.3 Å². The summed E-state index contributed by atoms with van der Waals surface area (Å²) < 4.78 is 21.9. The number of hydrogen-bond acceptors (Lipinski definition) is 4. The molecule has 0 N–H and O–H groups in total. The van der Waals surface area contributed by atoms with E-state index in [1.165, 1.54) is 32.1 Å². The van der Waals surface area contributed by atoms with Crippen LogP contribution in [0.2, 0.25) is 0 Å². The summed E-state index contributed by atoms with van der Waals surface area (Å²) in [6.07, 6.45) is 7.57. The molecule has 0 bridgehead atoms. The molecule has 0 aromatic heterocycles. The van der Waals surface area contributed by atoms with Crippen molar-refractivity contribution in [3.8, 4) is 0 Å². The van der Waals surface area contributed by atoms with E-state index in [2.05, 4.69) is 20.8 Å². The molecule has 0 saturated carbocycles. The smallest absolute Gasteiger partial charge is 0.0701 e. The van der Waals surface area contributed by atoms with Gasteiger partial charge in [0, 0.05) is 13.2 Å². The van der Waals surface area contributed by atoms with Gasteiger partial charge >= 0.3 is 0 Å². The maximum absolute atomic E-state index is 5.52. The fourth-order valence-corrected chi connectivity index (χ4v) is 1.87. The Hall–Kier alpha value is -0.160. The van der Waals surface area contributed by atoms with Gasteiger partial charge in [-0.3, -0.25) is 0 Å². The van der Waals surface area contributed by atoms with Crippen molar-refractivity contribution in [3.05, 3.63) is 0 Å². The van der Waals surface area contributed by atoms with E-state index >= 15 is 0 Å². The summed E-state index contributed by atoms with van der Waals surface area (Å²) in [5.74, 6) is 0.634. The number of hydrogen-bond donors (Lipinski definition) is 0. The Morgan fingerprint density at radius 2 is 1.09 bits per heavy atom. The molecule has 0 aromatic rings. The first-order valence-electron chi connectivity index (χ1n) is 9.12. The Kier molecular flexibility index (Phi) is 18.8. The van der Waals surface area contributed by atoms with Gasteiger partial charge in [-0.1, -0.05) is 52.9 Å². The monoisotopic (exact) mass is 318 g/mol. The average Bonchev–Trinajstić information content (AvgIpc) is 2.54. The van der Waals surface area contributed by atoms with Gasteiger partial charge in [-0.15, -0.1) is 0 Å². The van der Waals surface area contributed by atoms with Crippen molar-refractivity contribution in [2.24, 2.45) is 5.92 Å². The maximum atomic E-state index is 5.52. The van der Waals surface area contributed by atoms with Crippen molar-refractivity contribution in [2.75, 3.05) is 52.9 Å². The minimum absolute atomic E-state index is 0.629. The summed E-state index contributed by atoms with van der Waals surface area (Å²) in [6.45, 7) is 12.2. The zero-order valence-corrected chi connectivity index (χ0v) is 15.1. The Labute approximate surface area is 137 Å². The molecule has 4 nitrogen and oxygen atoms in total. The molecular formula is C18H38O4. The topological polar surface area (TPSA) is 36.9 Å². The lowest BCUT2D eigenvalue weighted by molar-refractivity contribution is -0.00562. The third kappa shape index (κ3) is 17.9. The fourth-order valence-electron chi connectivity index (χ4n) is 1.87. The van der Waals surface area contributed by atoms with E-state index in [4.69, 9.17) is 18.9 Å². The van der Waals surface area contributed by atoms with E-state index in [1.54, 1.807) is 0 Å². The summed E-state index contributed by atoms with van der Waals surface area (Å²) >= 11 is 0. The van der Waals surface area contributed by atoms with Gasteiger partial charge in [-0.05, 0) is 12.3 Å². The molecule has 0 aliphatic carbocycles. The van der Waals surface area contributed by atoms with Gasteiger partial charge in [0.1, 0.15) is 0 Å². The molecule has 0 rings (SSSR count). The second-order valence-corrected chi connectivity index (χ2v) is 5.84. The van der Waals surface area contributed by atoms with Crippen LogP contribution in [0, 0.1) is 5.92 Å². The van der Waals surface area contributed by atoms with Crippen LogP contribution in [0.15, 0.2) is 0 Å². The zero-order chi connectivity index (χ0) is 16.3. The van der Waals surface area contributed by atoms with Crippen LogP contribution in [0.25, 0.3) is 0 Å². The Bertz CT molecular complexity index is 200. The molecule has 0 amide bonds. The lowest BCUT2D eigenvalue weighted by atomic mass is 10.1. The van der Waals surface area contributed by atoms with E-state index in [9.17, 15) is 0 Å². The van der Waals surface area contributed by atoms with Gasteiger partial charge in [0.25, 0.3) is 0 Å². The summed E-state index contributed by atoms with van der Waals surface area (Å²) in [7, 11) is 0. The highest BCUT2D eigenvalue weighted by atomic mass is 16.6. The number of rotatable bonds is 18. The van der Waals surface area contributed by atoms with E-state index in [0.717, 1.165) is 19.6 Å². The molecule has 0 saturated heterocycles. The van der Waals surface area contributed by atoms with Crippen LogP contribution in [0.5, 0.6) is 0 Å². The highest BCUT2D eigenvalue weighted by molar-refractivity contribution is 4.46. The van der Waals surface area contributed by atoms with Crippen molar-refractivity contribution in [1.29, 1.82) is 0 Å². The molecule has 1 unspecified atom stereocenters. The first-order chi connectivity index (χ1) is 10.8. The average molecular weight is 318 g/mol. The third-order valence-electron chi connectivity index (χ3n) is 3.61. The molecule has 0 radical (unpaired) electrons. The highest BCUT2D eigenvalue weighted by Gasteiger charge is 1.98. The molecule has 0 aliphatic heterocycles. The minimum Gasteiger partial charge on any atom is -0.379 e. The zero-order valence-electron chi connectivity index (χ0n) is 15.1. The predicted octanol–water partition coefficient (Wildman–Crippen LogP) is 4.07. The fraction of sp³-hybridized carbons (Fsp3) is 1.00. The molecule has 4 heteroatoms. The number of unbranched alkanes of at least 4 members (excludes halogenated alkanes) is 4. The molecule has 0 heterocycles. The molecule has 0 spiro atoms. The first-order valence-corrected chi connectivity index (χ1v) is 9.12. The largest absolute Gasteiger partial charge is 0.379 e. The van der Waals surface area contributed by atoms with Gasteiger partial charge < -0.3 is 18.9 Å². The Balaban J connectivity index is 2.97. The molecule has 1 atom stereocenters. The highest BCUT2D eigenvalue weighted by Crippen LogP contribution is 2.02. The molecule has 0 aliphatic rings. The van der Waals surface area contributed by atoms with Gasteiger partial charge in [-0.2, -0.15) is 0 Å². The molecule has 0 aromatic carbocycles. The summed E-state index contributed by atoms with van der Waals surface area (Å²) in [5.41, 5.74) is 0. The van der Waals surface area contributed by atoms with E-state index in [1.807, 2.05) is 0 Å². The van der Waals surface area contributed by atoms with Crippen LogP contribution in [0.4, 0.5) is 0 Å². The summed E-state index contributed by atoms with van der Waals surface area (Å²) in [5, 5.41) is 0. The summed E-state index contributed by atoms with van der Waals surface area (Å²) in [4.78, 5) is 0. The van der Waals surface area contributed by atoms with Crippen molar-refractivity contribution in [1.82, 2.24) is 0 Å². The lowest BCUT2D eigenvalue weighted by Crippen LogP contribution is -2.13. The lowest BCUT2D eigenvalue weighted by Gasteiger charge is -2.10. The van der Waals surface area contributed by atoms with Gasteiger partial charge in [0.2, 0.25) is 0 Å². The van der Waals surface area contributed by atoms with E-state index in [0.29, 0.717) is 45.6 Å². The van der Waals surface area contributed by atoms with Crippen LogP contribution in [-0.2, 0) is 18.9 Å². The normalized spacial score (nSPS) is 12.7. The van der Waals surface area contributed by atoms with Crippen molar-refractivity contribution < 1.29 is 18.9 Å². The van der Waals surface area contributed by atoms with Crippen molar-refractivity contribution in [3.63, 3.8) is 0 Å². The predicted molar refractivity (Wildman–Crippen MR) is 91.5 cm³/mol. The molecular weight excluding hydrogens is 280 g/mol. The van der Waals surface area contributed by atoms with Crippen LogP contribution >= 0.6 is 0 Å². The minimum atomic E-state index is 0.629. The molecule has 134 valence electrons. The molecule has 0 fully saturated rings. The summed E-state index contributed by atoms with van der Waals surface area (Å²) in [6, 6.07) is 0. The van der Waals surface area contributed by atoms with Crippen LogP contribution in [0.1, 0.15) is 59.3 Å². The second kappa shape index (κ2) is 18.9. The van der Waals surface area contributed by atoms with E-state index < -0.39 is 0 Å². The van der Waals surface area contributed by atoms with E-state index in [-0.39, 0.29) is 0 Å². The van der Waals surface area contributed by atoms with Crippen LogP contribution in [-0.4, -0.2) is 52.9 Å². The third-order valence-corrected chi connectivity index (χ3v) is 3.61. The Morgan fingerprint density at radius 3 is 1.64 bits per heavy atom. The van der Waals surface area contributed by atoms with Crippen molar-refractivity contribution >= 4 is 0 Å². The standard InChI is InChI=1S/C18H38O4/c1-4-6-7-8-9-10-19-11-12-20-13-14-21-15-16-22-17-18(3)5-2/h18H,4-17H2,1-3H3. The van der Waals surface area contributed by atoms with Gasteiger partial charge in [-0.25, -0.2) is 0 Å². The SMILES string of the molecule is CCCCCCCOCCOCCOCCOCC(C)CC. The van der Waals surface area contributed by atoms with Crippen LogP contribution < -0.4 is 0 Å². The van der Waals surface area contributed by atoms with Gasteiger partial charge in [0.05, 0.1) is 39.6 Å². The second-order valence-electron chi connectivity index (χ2n) is 5.84. The first kappa shape index (κ1) is 21.8. The Morgan fingerprint density at radius 1 is 0.591 bits per heavy atom. The number of ether oxygens (including phenoxy) is 4. The quantitative estimate of drug-likeness (QED) is 0.357. The van der Waals surface area contributed by atoms with Crippen LogP contribution in [0.3, 0.4) is 0 Å². The van der Waals surface area contributed by atoms with Gasteiger partial charge in [0.15, 0.2) is 0 Å². The maximum Gasteiger partial charge on any atom is 0.0701 e.